The lowest BCUT2D eigenvalue weighted by molar-refractivity contribution is 0.0788. The van der Waals surface area contributed by atoms with Crippen LogP contribution in [0, 0.1) is 5.82 Å². The predicted molar refractivity (Wildman–Crippen MR) is 62.7 cm³/mol. The van der Waals surface area contributed by atoms with E-state index in [1.807, 2.05) is 6.92 Å². The van der Waals surface area contributed by atoms with Crippen LogP contribution in [-0.4, -0.2) is 24.4 Å². The molecule has 16 heavy (non-hydrogen) atoms. The number of nitrogen functional groups attached to an aromatic ring is 1. The highest BCUT2D eigenvalue weighted by molar-refractivity contribution is 5.95. The molecule has 0 unspecified atom stereocenters. The molecule has 88 valence electrons. The van der Waals surface area contributed by atoms with Gasteiger partial charge in [-0.1, -0.05) is 13.3 Å². The standard InChI is InChI=1S/C12H17FN2O/c1-3-4-7-15(2)12(16)10-8-9(14)5-6-11(10)13/h5-6,8H,3-4,7,14H2,1-2H3. The second-order valence-corrected chi connectivity index (χ2v) is 3.82. The molecule has 0 aliphatic carbocycles. The van der Waals surface area contributed by atoms with Crippen molar-refractivity contribution in [3.63, 3.8) is 0 Å². The molecule has 4 heteroatoms. The van der Waals surface area contributed by atoms with Crippen LogP contribution in [0.5, 0.6) is 0 Å². The van der Waals surface area contributed by atoms with Crippen molar-refractivity contribution in [3.8, 4) is 0 Å². The summed E-state index contributed by atoms with van der Waals surface area (Å²) in [6, 6.07) is 4.04. The zero-order valence-electron chi connectivity index (χ0n) is 9.66. The molecule has 0 saturated carbocycles. The lowest BCUT2D eigenvalue weighted by atomic mass is 10.1. The van der Waals surface area contributed by atoms with Crippen molar-refractivity contribution in [3.05, 3.63) is 29.6 Å². The van der Waals surface area contributed by atoms with Crippen molar-refractivity contribution in [2.24, 2.45) is 0 Å². The highest BCUT2D eigenvalue weighted by Gasteiger charge is 2.15. The molecule has 0 atom stereocenters. The fraction of sp³-hybridized carbons (Fsp3) is 0.417. The van der Waals surface area contributed by atoms with Crippen LogP contribution >= 0.6 is 0 Å². The Labute approximate surface area is 95.0 Å². The van der Waals surface area contributed by atoms with E-state index in [9.17, 15) is 9.18 Å². The second kappa shape index (κ2) is 5.49. The highest BCUT2D eigenvalue weighted by atomic mass is 19.1. The Balaban J connectivity index is 2.83. The Hall–Kier alpha value is -1.58. The molecule has 1 amide bonds. The van der Waals surface area contributed by atoms with E-state index in [-0.39, 0.29) is 11.5 Å². The lowest BCUT2D eigenvalue weighted by Gasteiger charge is -2.17. The normalized spacial score (nSPS) is 10.2. The second-order valence-electron chi connectivity index (χ2n) is 3.82. The van der Waals surface area contributed by atoms with E-state index in [0.29, 0.717) is 12.2 Å². The molecule has 0 bridgehead atoms. The number of nitrogens with two attached hydrogens (primary N) is 1. The number of carbonyl (C=O) groups excluding carboxylic acids is 1. The Morgan fingerprint density at radius 2 is 2.19 bits per heavy atom. The summed E-state index contributed by atoms with van der Waals surface area (Å²) in [5, 5.41) is 0. The molecular weight excluding hydrogens is 207 g/mol. The quantitative estimate of drug-likeness (QED) is 0.797. The third kappa shape index (κ3) is 2.95. The van der Waals surface area contributed by atoms with Crippen LogP contribution in [0.25, 0.3) is 0 Å². The zero-order valence-corrected chi connectivity index (χ0v) is 9.66. The van der Waals surface area contributed by atoms with Gasteiger partial charge in [-0.15, -0.1) is 0 Å². The summed E-state index contributed by atoms with van der Waals surface area (Å²) in [7, 11) is 1.67. The van der Waals surface area contributed by atoms with Gasteiger partial charge in [0, 0.05) is 19.3 Å². The van der Waals surface area contributed by atoms with Gasteiger partial charge in [0.15, 0.2) is 0 Å². The van der Waals surface area contributed by atoms with Gasteiger partial charge < -0.3 is 10.6 Å². The molecule has 0 aliphatic rings. The summed E-state index contributed by atoms with van der Waals surface area (Å²) >= 11 is 0. The van der Waals surface area contributed by atoms with E-state index in [0.717, 1.165) is 12.8 Å². The smallest absolute Gasteiger partial charge is 0.256 e. The third-order valence-electron chi connectivity index (χ3n) is 2.41. The van der Waals surface area contributed by atoms with Crippen LogP contribution in [0.2, 0.25) is 0 Å². The maximum Gasteiger partial charge on any atom is 0.256 e. The number of benzene rings is 1. The topological polar surface area (TPSA) is 46.3 Å². The zero-order chi connectivity index (χ0) is 12.1. The van der Waals surface area contributed by atoms with Gasteiger partial charge in [-0.05, 0) is 24.6 Å². The van der Waals surface area contributed by atoms with Crippen LogP contribution < -0.4 is 5.73 Å². The third-order valence-corrected chi connectivity index (χ3v) is 2.41. The van der Waals surface area contributed by atoms with Gasteiger partial charge in [-0.2, -0.15) is 0 Å². The Kier molecular flexibility index (Phi) is 4.28. The molecule has 3 nitrogen and oxygen atoms in total. The van der Waals surface area contributed by atoms with Crippen molar-refractivity contribution in [2.45, 2.75) is 19.8 Å². The van der Waals surface area contributed by atoms with Crippen LogP contribution in [0.3, 0.4) is 0 Å². The summed E-state index contributed by atoms with van der Waals surface area (Å²) in [6.45, 7) is 2.67. The van der Waals surface area contributed by atoms with Gasteiger partial charge in [0.1, 0.15) is 5.82 Å². The van der Waals surface area contributed by atoms with E-state index >= 15 is 0 Å². The van der Waals surface area contributed by atoms with Crippen LogP contribution in [-0.2, 0) is 0 Å². The van der Waals surface area contributed by atoms with E-state index in [2.05, 4.69) is 0 Å². The van der Waals surface area contributed by atoms with E-state index in [4.69, 9.17) is 5.73 Å². The van der Waals surface area contributed by atoms with E-state index in [1.54, 1.807) is 7.05 Å². The monoisotopic (exact) mass is 224 g/mol. The Morgan fingerprint density at radius 1 is 1.50 bits per heavy atom. The molecule has 0 radical (unpaired) electrons. The van der Waals surface area contributed by atoms with Crippen molar-refractivity contribution in [1.82, 2.24) is 4.90 Å². The SMILES string of the molecule is CCCCN(C)C(=O)c1cc(N)ccc1F. The first-order valence-electron chi connectivity index (χ1n) is 5.36. The van der Waals surface area contributed by atoms with Crippen molar-refractivity contribution < 1.29 is 9.18 Å². The number of hydrogen-bond donors (Lipinski definition) is 1. The summed E-state index contributed by atoms with van der Waals surface area (Å²) < 4.78 is 13.4. The van der Waals surface area contributed by atoms with Gasteiger partial charge in [0.2, 0.25) is 0 Å². The summed E-state index contributed by atoms with van der Waals surface area (Å²) in [4.78, 5) is 13.4. The van der Waals surface area contributed by atoms with Crippen molar-refractivity contribution in [2.75, 3.05) is 19.3 Å². The minimum atomic E-state index is -0.525. The van der Waals surface area contributed by atoms with Gasteiger partial charge in [-0.3, -0.25) is 4.79 Å². The largest absolute Gasteiger partial charge is 0.399 e. The molecule has 0 fully saturated rings. The van der Waals surface area contributed by atoms with Crippen molar-refractivity contribution >= 4 is 11.6 Å². The highest BCUT2D eigenvalue weighted by Crippen LogP contribution is 2.14. The number of hydrogen-bond acceptors (Lipinski definition) is 2. The average Bonchev–Trinajstić information content (AvgIpc) is 2.28. The fourth-order valence-electron chi connectivity index (χ4n) is 1.41. The summed E-state index contributed by atoms with van der Waals surface area (Å²) in [5.74, 6) is -0.846. The van der Waals surface area contributed by atoms with Gasteiger partial charge in [0.25, 0.3) is 5.91 Å². The minimum Gasteiger partial charge on any atom is -0.399 e. The number of carbonyl (C=O) groups is 1. The van der Waals surface area contributed by atoms with Crippen LogP contribution in [0.4, 0.5) is 10.1 Å². The fourth-order valence-corrected chi connectivity index (χ4v) is 1.41. The molecule has 0 aromatic heterocycles. The molecular formula is C12H17FN2O. The number of rotatable bonds is 4. The number of halogens is 1. The molecule has 2 N–H and O–H groups in total. The number of anilines is 1. The molecule has 0 aliphatic heterocycles. The number of amides is 1. The first kappa shape index (κ1) is 12.5. The molecule has 1 aromatic carbocycles. The summed E-state index contributed by atoms with van der Waals surface area (Å²) in [5.41, 5.74) is 5.97. The maximum absolute atomic E-state index is 13.4. The Bertz CT molecular complexity index is 379. The molecule has 1 rings (SSSR count). The van der Waals surface area contributed by atoms with E-state index in [1.165, 1.54) is 23.1 Å². The van der Waals surface area contributed by atoms with Gasteiger partial charge >= 0.3 is 0 Å². The first-order valence-corrected chi connectivity index (χ1v) is 5.36. The van der Waals surface area contributed by atoms with Gasteiger partial charge in [-0.25, -0.2) is 4.39 Å². The lowest BCUT2D eigenvalue weighted by Crippen LogP contribution is -2.28. The Morgan fingerprint density at radius 3 is 2.81 bits per heavy atom. The summed E-state index contributed by atoms with van der Waals surface area (Å²) in [6.07, 6.45) is 1.91. The van der Waals surface area contributed by atoms with Crippen LogP contribution in [0.15, 0.2) is 18.2 Å². The number of unbranched alkanes of at least 4 members (excludes halogenated alkanes) is 1. The first-order chi connectivity index (χ1) is 7.56. The van der Waals surface area contributed by atoms with Crippen LogP contribution in [0.1, 0.15) is 30.1 Å². The molecule has 1 aromatic rings. The maximum atomic E-state index is 13.4. The van der Waals surface area contributed by atoms with E-state index < -0.39 is 5.82 Å². The minimum absolute atomic E-state index is 0.0404. The predicted octanol–water partition coefficient (Wildman–Crippen LogP) is 2.28. The average molecular weight is 224 g/mol. The molecule has 0 saturated heterocycles. The van der Waals surface area contributed by atoms with Gasteiger partial charge in [0.05, 0.1) is 5.56 Å². The molecule has 0 heterocycles. The molecule has 0 spiro atoms. The number of nitrogens with zero attached hydrogens (tertiary/aromatic N) is 1. The van der Waals surface area contributed by atoms with Crippen molar-refractivity contribution in [1.29, 1.82) is 0 Å².